The summed E-state index contributed by atoms with van der Waals surface area (Å²) in [6.07, 6.45) is 11.9. The van der Waals surface area contributed by atoms with Crippen LogP contribution in [-0.4, -0.2) is 11.1 Å². The number of benzene rings is 2. The van der Waals surface area contributed by atoms with Gasteiger partial charge < -0.3 is 9.84 Å². The van der Waals surface area contributed by atoms with Gasteiger partial charge in [0.25, 0.3) is 0 Å². The Kier molecular flexibility index (Phi) is 9.47. The fourth-order valence-corrected chi connectivity index (χ4v) is 3.13. The van der Waals surface area contributed by atoms with Gasteiger partial charge in [0.05, 0.1) is 5.56 Å². The van der Waals surface area contributed by atoms with Gasteiger partial charge in [-0.25, -0.2) is 4.79 Å². The highest BCUT2D eigenvalue weighted by Gasteiger charge is 2.02. The van der Waals surface area contributed by atoms with E-state index in [0.717, 1.165) is 17.7 Å². The van der Waals surface area contributed by atoms with E-state index in [-0.39, 0.29) is 0 Å². The Bertz CT molecular complexity index is 659. The van der Waals surface area contributed by atoms with Crippen LogP contribution in [0.4, 0.5) is 0 Å². The summed E-state index contributed by atoms with van der Waals surface area (Å²) < 4.78 is 5.79. The maximum atomic E-state index is 10.9. The molecule has 0 saturated carbocycles. The van der Waals surface area contributed by atoms with Crippen molar-refractivity contribution >= 4 is 5.97 Å². The van der Waals surface area contributed by atoms with Gasteiger partial charge in [-0.05, 0) is 48.2 Å². The molecule has 0 fully saturated rings. The quantitative estimate of drug-likeness (QED) is 0.403. The molecule has 0 aliphatic rings. The summed E-state index contributed by atoms with van der Waals surface area (Å²) in [5.74, 6) is -0.0634. The zero-order chi connectivity index (χ0) is 19.3. The van der Waals surface area contributed by atoms with Gasteiger partial charge in [-0.3, -0.25) is 0 Å². The van der Waals surface area contributed by atoms with Crippen LogP contribution < -0.4 is 4.74 Å². The van der Waals surface area contributed by atoms with Crippen LogP contribution in [0.1, 0.15) is 79.8 Å². The third-order valence-electron chi connectivity index (χ3n) is 4.85. The highest BCUT2D eigenvalue weighted by Crippen LogP contribution is 2.17. The number of hydrogen-bond donors (Lipinski definition) is 1. The van der Waals surface area contributed by atoms with Gasteiger partial charge in [-0.1, -0.05) is 76.1 Å². The van der Waals surface area contributed by atoms with Gasteiger partial charge in [0, 0.05) is 0 Å². The Morgan fingerprint density at radius 2 is 1.33 bits per heavy atom. The smallest absolute Gasteiger partial charge is 0.335 e. The molecule has 2 aromatic rings. The first kappa shape index (κ1) is 21.0. The van der Waals surface area contributed by atoms with E-state index in [1.165, 1.54) is 56.9 Å². The number of ether oxygens (including phenoxy) is 1. The van der Waals surface area contributed by atoms with Crippen LogP contribution in [0.25, 0.3) is 0 Å². The third kappa shape index (κ3) is 8.29. The Morgan fingerprint density at radius 1 is 0.778 bits per heavy atom. The summed E-state index contributed by atoms with van der Waals surface area (Å²) in [4.78, 5) is 10.9. The molecule has 0 amide bonds. The second-order valence-corrected chi connectivity index (χ2v) is 7.16. The molecule has 0 bridgehead atoms. The number of aryl methyl sites for hydroxylation is 1. The SMILES string of the molecule is CCCCCCCCCCc1ccc(OCc2ccc(C(=O)O)cc2)cc1. The normalized spacial score (nSPS) is 10.7. The largest absolute Gasteiger partial charge is 0.489 e. The summed E-state index contributed by atoms with van der Waals surface area (Å²) in [5, 5.41) is 8.91. The lowest BCUT2D eigenvalue weighted by Crippen LogP contribution is -1.99. The molecule has 0 heterocycles. The second kappa shape index (κ2) is 12.2. The Labute approximate surface area is 163 Å². The van der Waals surface area contributed by atoms with Gasteiger partial charge >= 0.3 is 5.97 Å². The molecule has 3 nitrogen and oxygen atoms in total. The number of rotatable bonds is 13. The van der Waals surface area contributed by atoms with Crippen molar-refractivity contribution in [1.82, 2.24) is 0 Å². The minimum atomic E-state index is -0.908. The third-order valence-corrected chi connectivity index (χ3v) is 4.85. The summed E-state index contributed by atoms with van der Waals surface area (Å²) in [6, 6.07) is 15.1. The van der Waals surface area contributed by atoms with Crippen LogP contribution in [0.5, 0.6) is 5.75 Å². The van der Waals surface area contributed by atoms with Crippen LogP contribution in [0.2, 0.25) is 0 Å². The molecule has 1 N–H and O–H groups in total. The second-order valence-electron chi connectivity index (χ2n) is 7.16. The number of aromatic carboxylic acids is 1. The monoisotopic (exact) mass is 368 g/mol. The van der Waals surface area contributed by atoms with Crippen LogP contribution >= 0.6 is 0 Å². The van der Waals surface area contributed by atoms with E-state index < -0.39 is 5.97 Å². The molecular weight excluding hydrogens is 336 g/mol. The summed E-state index contributed by atoms with van der Waals surface area (Å²) in [5.41, 5.74) is 2.62. The van der Waals surface area contributed by atoms with Crippen molar-refractivity contribution in [2.24, 2.45) is 0 Å². The number of hydrogen-bond acceptors (Lipinski definition) is 2. The maximum Gasteiger partial charge on any atom is 0.335 e. The number of carbonyl (C=O) groups is 1. The van der Waals surface area contributed by atoms with E-state index in [9.17, 15) is 4.79 Å². The Balaban J connectivity index is 1.64. The first-order valence-electron chi connectivity index (χ1n) is 10.2. The summed E-state index contributed by atoms with van der Waals surface area (Å²) >= 11 is 0. The van der Waals surface area contributed by atoms with Gasteiger partial charge in [0.2, 0.25) is 0 Å². The molecule has 0 radical (unpaired) electrons. The van der Waals surface area contributed by atoms with Crippen molar-refractivity contribution in [3.05, 3.63) is 65.2 Å². The van der Waals surface area contributed by atoms with Crippen LogP contribution in [0.15, 0.2) is 48.5 Å². The van der Waals surface area contributed by atoms with Crippen molar-refractivity contribution in [1.29, 1.82) is 0 Å². The van der Waals surface area contributed by atoms with E-state index in [0.29, 0.717) is 12.2 Å². The molecule has 0 aliphatic carbocycles. The van der Waals surface area contributed by atoms with Crippen LogP contribution in [-0.2, 0) is 13.0 Å². The van der Waals surface area contributed by atoms with E-state index in [1.807, 2.05) is 12.1 Å². The van der Waals surface area contributed by atoms with E-state index >= 15 is 0 Å². The molecule has 146 valence electrons. The van der Waals surface area contributed by atoms with E-state index in [2.05, 4.69) is 19.1 Å². The molecule has 0 atom stereocenters. The summed E-state index contributed by atoms with van der Waals surface area (Å²) in [6.45, 7) is 2.70. The van der Waals surface area contributed by atoms with Crippen molar-refractivity contribution in [3.63, 3.8) is 0 Å². The van der Waals surface area contributed by atoms with Gasteiger partial charge in [-0.2, -0.15) is 0 Å². The molecule has 3 heteroatoms. The van der Waals surface area contributed by atoms with Gasteiger partial charge in [-0.15, -0.1) is 0 Å². The molecule has 0 aromatic heterocycles. The minimum absolute atomic E-state index is 0.295. The molecule has 27 heavy (non-hydrogen) atoms. The average molecular weight is 369 g/mol. The fraction of sp³-hybridized carbons (Fsp3) is 0.458. The Morgan fingerprint density at radius 3 is 1.93 bits per heavy atom. The molecule has 0 aliphatic heterocycles. The zero-order valence-corrected chi connectivity index (χ0v) is 16.5. The van der Waals surface area contributed by atoms with Crippen LogP contribution in [0.3, 0.4) is 0 Å². The minimum Gasteiger partial charge on any atom is -0.489 e. The fourth-order valence-electron chi connectivity index (χ4n) is 3.13. The number of carboxylic acid groups (broad SMARTS) is 1. The molecule has 2 aromatic carbocycles. The highest BCUT2D eigenvalue weighted by atomic mass is 16.5. The lowest BCUT2D eigenvalue weighted by molar-refractivity contribution is 0.0697. The van der Waals surface area contributed by atoms with E-state index in [4.69, 9.17) is 9.84 Å². The van der Waals surface area contributed by atoms with Crippen molar-refractivity contribution < 1.29 is 14.6 Å². The van der Waals surface area contributed by atoms with Crippen molar-refractivity contribution in [2.45, 2.75) is 71.3 Å². The lowest BCUT2D eigenvalue weighted by atomic mass is 10.0. The molecule has 2 rings (SSSR count). The predicted molar refractivity (Wildman–Crippen MR) is 110 cm³/mol. The molecule has 0 spiro atoms. The predicted octanol–water partition coefficient (Wildman–Crippen LogP) is 6.65. The van der Waals surface area contributed by atoms with E-state index in [1.54, 1.807) is 24.3 Å². The first-order valence-corrected chi connectivity index (χ1v) is 10.2. The zero-order valence-electron chi connectivity index (χ0n) is 16.5. The molecule has 0 saturated heterocycles. The van der Waals surface area contributed by atoms with Gasteiger partial charge in [0.15, 0.2) is 0 Å². The van der Waals surface area contributed by atoms with Gasteiger partial charge in [0.1, 0.15) is 12.4 Å². The maximum absolute atomic E-state index is 10.9. The van der Waals surface area contributed by atoms with Crippen LogP contribution in [0, 0.1) is 0 Å². The highest BCUT2D eigenvalue weighted by molar-refractivity contribution is 5.87. The number of unbranched alkanes of at least 4 members (excludes halogenated alkanes) is 7. The van der Waals surface area contributed by atoms with Crippen molar-refractivity contribution in [2.75, 3.05) is 0 Å². The molecule has 0 unspecified atom stereocenters. The standard InChI is InChI=1S/C24H32O3/c1-2-3-4-5-6-7-8-9-10-20-13-17-23(18-14-20)27-19-21-11-15-22(16-12-21)24(25)26/h11-18H,2-10,19H2,1H3,(H,25,26). The topological polar surface area (TPSA) is 46.5 Å². The molecular formula is C24H32O3. The Hall–Kier alpha value is -2.29. The summed E-state index contributed by atoms with van der Waals surface area (Å²) in [7, 11) is 0. The number of carboxylic acids is 1. The average Bonchev–Trinajstić information content (AvgIpc) is 2.69. The first-order chi connectivity index (χ1) is 13.2. The van der Waals surface area contributed by atoms with Crippen molar-refractivity contribution in [3.8, 4) is 5.75 Å². The lowest BCUT2D eigenvalue weighted by Gasteiger charge is -2.08.